The number of nitrogens with one attached hydrogen (secondary N) is 1. The van der Waals surface area contributed by atoms with Crippen LogP contribution in [0.2, 0.25) is 0 Å². The van der Waals surface area contributed by atoms with E-state index in [9.17, 15) is 36.8 Å². The van der Waals surface area contributed by atoms with E-state index in [-0.39, 0.29) is 54.9 Å². The third-order valence-corrected chi connectivity index (χ3v) is 8.06. The van der Waals surface area contributed by atoms with Crippen molar-refractivity contribution in [1.82, 2.24) is 35.1 Å². The van der Waals surface area contributed by atoms with Crippen molar-refractivity contribution >= 4 is 23.3 Å². The highest BCUT2D eigenvalue weighted by Gasteiger charge is 2.44. The number of aliphatic imine (C=N–C) groups is 1. The number of hydrogen-bond donors (Lipinski definition) is 1. The number of halogens is 5. The Bertz CT molecular complexity index is 1630. The van der Waals surface area contributed by atoms with Crippen molar-refractivity contribution < 1.29 is 36.2 Å². The van der Waals surface area contributed by atoms with Gasteiger partial charge in [0.05, 0.1) is 49.2 Å². The number of imidazole rings is 1. The molecule has 6 rings (SSSR count). The maximum Gasteiger partial charge on any atom is 0.431 e. The number of carbonyl (C=O) groups excluding carboxylic acids is 2. The molecule has 1 aliphatic heterocycles. The summed E-state index contributed by atoms with van der Waals surface area (Å²) in [6, 6.07) is 0.331. The molecule has 2 aliphatic carbocycles. The minimum Gasteiger partial charge on any atom is -0.342 e. The molecule has 0 aromatic carbocycles. The van der Waals surface area contributed by atoms with Crippen LogP contribution in [0, 0.1) is 17.2 Å². The maximum atomic E-state index is 14.0. The number of rotatable bonds is 8. The normalized spacial score (nSPS) is 20.6. The molecule has 226 valence electrons. The average molecular weight is 606 g/mol. The first-order chi connectivity index (χ1) is 20.4. The van der Waals surface area contributed by atoms with E-state index >= 15 is 0 Å². The molecule has 3 aromatic heterocycles. The van der Waals surface area contributed by atoms with Crippen molar-refractivity contribution in [1.29, 1.82) is 5.26 Å². The summed E-state index contributed by atoms with van der Waals surface area (Å²) in [4.78, 5) is 34.2. The van der Waals surface area contributed by atoms with E-state index in [0.29, 0.717) is 11.4 Å². The van der Waals surface area contributed by atoms with Gasteiger partial charge < -0.3 is 10.2 Å². The van der Waals surface area contributed by atoms with Crippen LogP contribution in [0.25, 0.3) is 5.65 Å². The van der Waals surface area contributed by atoms with Crippen molar-refractivity contribution in [3.8, 4) is 6.07 Å². The van der Waals surface area contributed by atoms with E-state index in [1.54, 1.807) is 0 Å². The van der Waals surface area contributed by atoms with E-state index in [1.165, 1.54) is 23.0 Å². The second-order valence-electron chi connectivity index (χ2n) is 11.0. The van der Waals surface area contributed by atoms with Gasteiger partial charge in [0.1, 0.15) is 11.4 Å². The summed E-state index contributed by atoms with van der Waals surface area (Å²) in [7, 11) is 0. The zero-order chi connectivity index (χ0) is 30.5. The molecule has 2 atom stereocenters. The Morgan fingerprint density at radius 1 is 1.21 bits per heavy atom. The summed E-state index contributed by atoms with van der Waals surface area (Å²) < 4.78 is 73.8. The Morgan fingerprint density at radius 3 is 2.60 bits per heavy atom. The van der Waals surface area contributed by atoms with Gasteiger partial charge in [0.15, 0.2) is 11.3 Å². The summed E-state index contributed by atoms with van der Waals surface area (Å²) in [5.41, 5.74) is -0.0333. The quantitative estimate of drug-likeness (QED) is 0.363. The van der Waals surface area contributed by atoms with E-state index < -0.39 is 54.3 Å². The summed E-state index contributed by atoms with van der Waals surface area (Å²) in [5.74, 6) is -3.73. The van der Waals surface area contributed by atoms with E-state index in [4.69, 9.17) is 4.63 Å². The minimum atomic E-state index is -4.80. The lowest BCUT2D eigenvalue weighted by Gasteiger charge is -2.33. The zero-order valence-corrected chi connectivity index (χ0v) is 22.4. The Labute approximate surface area is 239 Å². The molecule has 2 saturated carbocycles. The third kappa shape index (κ3) is 5.77. The summed E-state index contributed by atoms with van der Waals surface area (Å²) in [6.45, 7) is -0.820. The molecule has 4 heterocycles. The number of alkyl halides is 5. The van der Waals surface area contributed by atoms with Gasteiger partial charge in [-0.3, -0.25) is 4.79 Å². The average Bonchev–Trinajstić information content (AvgIpc) is 3.33. The van der Waals surface area contributed by atoms with Gasteiger partial charge in [-0.1, -0.05) is 5.16 Å². The number of nitrogens with zero attached hydrogens (tertiary/aromatic N) is 8. The molecule has 1 N–H and O–H groups in total. The lowest BCUT2D eigenvalue weighted by atomic mass is 9.81. The van der Waals surface area contributed by atoms with Gasteiger partial charge in [0.25, 0.3) is 5.91 Å². The fourth-order valence-corrected chi connectivity index (χ4v) is 5.59. The van der Waals surface area contributed by atoms with Gasteiger partial charge in [-0.25, -0.2) is 27.7 Å². The van der Waals surface area contributed by atoms with Crippen molar-refractivity contribution in [2.75, 3.05) is 6.54 Å². The van der Waals surface area contributed by atoms with Crippen molar-refractivity contribution in [2.45, 2.75) is 75.0 Å². The summed E-state index contributed by atoms with van der Waals surface area (Å²) >= 11 is 0. The number of amides is 3. The topological polar surface area (TPSA) is 155 Å². The largest absolute Gasteiger partial charge is 0.431 e. The van der Waals surface area contributed by atoms with E-state index in [2.05, 4.69) is 30.7 Å². The SMILES string of the molecule is N#CC[C@H](c1cnn2cc([C@@H](NC(=O)c3nonc3C3CC3)C3CCC(F)(F)CC3)nc2c1)N1CC(C(F)(F)F)=NC1=O. The predicted molar refractivity (Wildman–Crippen MR) is 135 cm³/mol. The number of fused-ring (bicyclic) bond motifs is 1. The zero-order valence-electron chi connectivity index (χ0n) is 22.4. The second-order valence-corrected chi connectivity index (χ2v) is 11.0. The molecule has 17 heteroatoms. The van der Waals surface area contributed by atoms with Crippen LogP contribution in [0.3, 0.4) is 0 Å². The molecule has 43 heavy (non-hydrogen) atoms. The fraction of sp³-hybridized carbons (Fsp3) is 0.538. The molecule has 12 nitrogen and oxygen atoms in total. The number of carbonyl (C=O) groups is 2. The molecular formula is C26H24F5N9O3. The van der Waals surface area contributed by atoms with Crippen molar-refractivity contribution in [3.63, 3.8) is 0 Å². The molecule has 0 spiro atoms. The molecule has 3 aromatic rings. The first kappa shape index (κ1) is 28.6. The number of urea groups is 1. The van der Waals surface area contributed by atoms with Gasteiger partial charge in [0, 0.05) is 18.8 Å². The Balaban J connectivity index is 1.30. The number of hydrogen-bond acceptors (Lipinski definition) is 8. The van der Waals surface area contributed by atoms with Crippen molar-refractivity contribution in [2.24, 2.45) is 10.9 Å². The first-order valence-corrected chi connectivity index (χ1v) is 13.6. The lowest BCUT2D eigenvalue weighted by Crippen LogP contribution is -2.37. The molecule has 2 fully saturated rings. The Hall–Kier alpha value is -4.49. The fourth-order valence-electron chi connectivity index (χ4n) is 5.59. The second kappa shape index (κ2) is 10.7. The Morgan fingerprint density at radius 2 is 1.95 bits per heavy atom. The van der Waals surface area contributed by atoms with Gasteiger partial charge in [-0.15, -0.1) is 0 Å². The minimum absolute atomic E-state index is 0.0212. The van der Waals surface area contributed by atoms with Gasteiger partial charge >= 0.3 is 12.2 Å². The van der Waals surface area contributed by atoms with Crippen LogP contribution >= 0.6 is 0 Å². The molecule has 0 bridgehead atoms. The van der Waals surface area contributed by atoms with Crippen LogP contribution in [-0.4, -0.2) is 66.1 Å². The molecule has 3 aliphatic rings. The van der Waals surface area contributed by atoms with Crippen molar-refractivity contribution in [3.05, 3.63) is 41.1 Å². The number of nitriles is 1. The van der Waals surface area contributed by atoms with Crippen LogP contribution in [0.4, 0.5) is 26.7 Å². The maximum absolute atomic E-state index is 14.0. The van der Waals surface area contributed by atoms with Gasteiger partial charge in [-0.2, -0.15) is 28.5 Å². The lowest BCUT2D eigenvalue weighted by molar-refractivity contribution is -0.0602. The molecule has 3 amide bonds. The van der Waals surface area contributed by atoms with E-state index in [0.717, 1.165) is 17.7 Å². The third-order valence-electron chi connectivity index (χ3n) is 8.06. The first-order valence-electron chi connectivity index (χ1n) is 13.6. The monoisotopic (exact) mass is 605 g/mol. The predicted octanol–water partition coefficient (Wildman–Crippen LogP) is 4.68. The molecule has 0 radical (unpaired) electrons. The molecule has 0 saturated heterocycles. The molecular weight excluding hydrogens is 581 g/mol. The van der Waals surface area contributed by atoms with Crippen LogP contribution < -0.4 is 5.32 Å². The smallest absolute Gasteiger partial charge is 0.342 e. The highest BCUT2D eigenvalue weighted by atomic mass is 19.4. The van der Waals surface area contributed by atoms with E-state index in [1.807, 2.05) is 6.07 Å². The Kier molecular flexibility index (Phi) is 7.09. The summed E-state index contributed by atoms with van der Waals surface area (Å²) in [6.07, 6.45) is -1.12. The van der Waals surface area contributed by atoms with Crippen LogP contribution in [-0.2, 0) is 0 Å². The van der Waals surface area contributed by atoms with Crippen LogP contribution in [0.5, 0.6) is 0 Å². The van der Waals surface area contributed by atoms with Gasteiger partial charge in [0.2, 0.25) is 5.92 Å². The van der Waals surface area contributed by atoms with Gasteiger partial charge in [-0.05, 0) is 48.4 Å². The van der Waals surface area contributed by atoms with Crippen LogP contribution in [0.15, 0.2) is 28.1 Å². The highest BCUT2D eigenvalue weighted by molar-refractivity contribution is 6.05. The van der Waals surface area contributed by atoms with Crippen LogP contribution in [0.1, 0.15) is 90.4 Å². The standard InChI is InChI=1S/C26H24F5N9O3/c27-25(28)6-3-14(4-7-25)20(36-23(41)22-21(13-1-2-13)37-43-38-22)16-11-40-19(34-16)9-15(10-33-40)17(5-8-32)39-12-18(26(29,30)31)35-24(39)42/h9-11,13-14,17,20H,1-7,12H2,(H,36,41)/t17-,20+/m1/s1. The highest BCUT2D eigenvalue weighted by Crippen LogP contribution is 2.43. The summed E-state index contributed by atoms with van der Waals surface area (Å²) in [5, 5.41) is 24.1. The molecule has 0 unspecified atom stereocenters. The number of aromatic nitrogens is 5.